The monoisotopic (exact) mass is 412 g/mol. The fourth-order valence-electron chi connectivity index (χ4n) is 3.61. The number of likely N-dealkylation sites (N-methyl/N-ethyl adjacent to an activating group) is 1. The summed E-state index contributed by atoms with van der Waals surface area (Å²) in [5, 5.41) is 5.58. The number of nitrogens with zero attached hydrogens (tertiary/aromatic N) is 2. The van der Waals surface area contributed by atoms with E-state index in [9.17, 15) is 9.59 Å². The summed E-state index contributed by atoms with van der Waals surface area (Å²) in [6.07, 6.45) is -1.06. The minimum absolute atomic E-state index is 0.311. The highest BCUT2D eigenvalue weighted by Gasteiger charge is 2.31. The molecule has 0 unspecified atom stereocenters. The average Bonchev–Trinajstić information content (AvgIpc) is 2.88. The van der Waals surface area contributed by atoms with E-state index in [0.717, 1.165) is 27.9 Å². The molecular formula is C25H24N4O2. The third-order valence-electron chi connectivity index (χ3n) is 5.51. The molecule has 6 heteroatoms. The van der Waals surface area contributed by atoms with E-state index in [1.54, 1.807) is 7.05 Å². The average molecular weight is 412 g/mol. The zero-order chi connectivity index (χ0) is 22.0. The van der Waals surface area contributed by atoms with Gasteiger partial charge in [0.1, 0.15) is 0 Å². The van der Waals surface area contributed by atoms with Gasteiger partial charge in [-0.25, -0.2) is 9.79 Å². The third-order valence-corrected chi connectivity index (χ3v) is 5.51. The minimum Gasteiger partial charge on any atom is -0.311 e. The molecule has 1 heterocycles. The van der Waals surface area contributed by atoms with Crippen LogP contribution in [-0.2, 0) is 4.79 Å². The van der Waals surface area contributed by atoms with Crippen molar-refractivity contribution in [2.75, 3.05) is 17.3 Å². The molecule has 2 N–H and O–H groups in total. The number of amides is 3. The normalized spacial score (nSPS) is 15.6. The lowest BCUT2D eigenvalue weighted by Crippen LogP contribution is -2.47. The summed E-state index contributed by atoms with van der Waals surface area (Å²) in [7, 11) is 1.70. The fraction of sp³-hybridized carbons (Fsp3) is 0.160. The quantitative estimate of drug-likeness (QED) is 0.674. The Morgan fingerprint density at radius 3 is 2.42 bits per heavy atom. The van der Waals surface area contributed by atoms with Crippen LogP contribution in [0.3, 0.4) is 0 Å². The molecule has 0 aliphatic carbocycles. The maximum Gasteiger partial charge on any atom is 0.321 e. The van der Waals surface area contributed by atoms with Crippen LogP contribution in [0.15, 0.2) is 77.8 Å². The van der Waals surface area contributed by atoms with Gasteiger partial charge in [0.15, 0.2) is 0 Å². The summed E-state index contributed by atoms with van der Waals surface area (Å²) >= 11 is 0. The standard InChI is InChI=1S/C25H24N4O2/c1-16-10-9-14-20(17(16)2)26-25(31)28-23-24(30)29(3)21-15-8-7-13-19(21)22(27-23)18-11-5-4-6-12-18/h4-15,23H,1-3H3,(H2,26,28,31)/t23-/m0/s1. The number of para-hydroxylation sites is 1. The van der Waals surface area contributed by atoms with Crippen molar-refractivity contribution in [3.8, 4) is 0 Å². The van der Waals surface area contributed by atoms with Gasteiger partial charge in [-0.3, -0.25) is 4.79 Å². The van der Waals surface area contributed by atoms with Gasteiger partial charge in [0.05, 0.1) is 11.4 Å². The molecule has 1 atom stereocenters. The molecule has 0 bridgehead atoms. The lowest BCUT2D eigenvalue weighted by molar-refractivity contribution is -0.119. The molecule has 0 saturated carbocycles. The first-order chi connectivity index (χ1) is 15.0. The summed E-state index contributed by atoms with van der Waals surface area (Å²) in [5.41, 5.74) is 5.86. The Hall–Kier alpha value is -3.93. The zero-order valence-electron chi connectivity index (χ0n) is 17.7. The van der Waals surface area contributed by atoms with Crippen LogP contribution in [0.25, 0.3) is 0 Å². The SMILES string of the molecule is Cc1cccc(NC(=O)N[C@@H]2N=C(c3ccccc3)c3ccccc3N(C)C2=O)c1C. The number of benzene rings is 3. The van der Waals surface area contributed by atoms with Crippen molar-refractivity contribution < 1.29 is 9.59 Å². The molecule has 156 valence electrons. The van der Waals surface area contributed by atoms with Gasteiger partial charge in [-0.1, -0.05) is 60.7 Å². The number of urea groups is 1. The van der Waals surface area contributed by atoms with Crippen LogP contribution >= 0.6 is 0 Å². The van der Waals surface area contributed by atoms with E-state index in [4.69, 9.17) is 4.99 Å². The third kappa shape index (κ3) is 4.05. The molecular weight excluding hydrogens is 388 g/mol. The second kappa shape index (κ2) is 8.44. The number of hydrogen-bond donors (Lipinski definition) is 2. The predicted octanol–water partition coefficient (Wildman–Crippen LogP) is 4.27. The highest BCUT2D eigenvalue weighted by Crippen LogP contribution is 2.27. The maximum absolute atomic E-state index is 13.2. The van der Waals surface area contributed by atoms with Gasteiger partial charge in [-0.05, 0) is 37.1 Å². The maximum atomic E-state index is 13.2. The molecule has 4 rings (SSSR count). The van der Waals surface area contributed by atoms with E-state index < -0.39 is 12.2 Å². The molecule has 3 aromatic carbocycles. The van der Waals surface area contributed by atoms with Gasteiger partial charge in [0.25, 0.3) is 5.91 Å². The molecule has 0 saturated heterocycles. The number of aryl methyl sites for hydroxylation is 1. The summed E-state index contributed by atoms with van der Waals surface area (Å²) in [6.45, 7) is 3.92. The molecule has 1 aliphatic rings. The van der Waals surface area contributed by atoms with Gasteiger partial charge in [0.2, 0.25) is 6.17 Å². The van der Waals surface area contributed by atoms with Crippen molar-refractivity contribution in [2.24, 2.45) is 4.99 Å². The van der Waals surface area contributed by atoms with Crippen molar-refractivity contribution in [1.82, 2.24) is 5.32 Å². The molecule has 0 aromatic heterocycles. The number of anilines is 2. The first-order valence-electron chi connectivity index (χ1n) is 10.1. The summed E-state index contributed by atoms with van der Waals surface area (Å²) < 4.78 is 0. The van der Waals surface area contributed by atoms with Crippen molar-refractivity contribution in [1.29, 1.82) is 0 Å². The second-order valence-electron chi connectivity index (χ2n) is 7.51. The van der Waals surface area contributed by atoms with E-state index in [2.05, 4.69) is 10.6 Å². The van der Waals surface area contributed by atoms with Crippen molar-refractivity contribution in [3.63, 3.8) is 0 Å². The topological polar surface area (TPSA) is 73.8 Å². The van der Waals surface area contributed by atoms with Crippen LogP contribution in [-0.4, -0.2) is 30.9 Å². The Kier molecular flexibility index (Phi) is 5.54. The molecule has 6 nitrogen and oxygen atoms in total. The molecule has 3 aromatic rings. The number of nitrogens with one attached hydrogen (secondary N) is 2. The molecule has 31 heavy (non-hydrogen) atoms. The smallest absolute Gasteiger partial charge is 0.311 e. The number of rotatable bonds is 3. The largest absolute Gasteiger partial charge is 0.321 e. The van der Waals surface area contributed by atoms with Crippen LogP contribution < -0.4 is 15.5 Å². The van der Waals surface area contributed by atoms with Crippen LogP contribution in [0, 0.1) is 13.8 Å². The van der Waals surface area contributed by atoms with Crippen LogP contribution in [0.4, 0.5) is 16.2 Å². The van der Waals surface area contributed by atoms with E-state index >= 15 is 0 Å². The van der Waals surface area contributed by atoms with Crippen LogP contribution in [0.1, 0.15) is 22.3 Å². The van der Waals surface area contributed by atoms with Gasteiger partial charge < -0.3 is 15.5 Å². The summed E-state index contributed by atoms with van der Waals surface area (Å²) in [4.78, 5) is 32.2. The van der Waals surface area contributed by atoms with Gasteiger partial charge in [0, 0.05) is 23.9 Å². The van der Waals surface area contributed by atoms with Gasteiger partial charge in [-0.15, -0.1) is 0 Å². The van der Waals surface area contributed by atoms with Crippen LogP contribution in [0.5, 0.6) is 0 Å². The molecule has 0 fully saturated rings. The Labute approximate surface area is 181 Å². The van der Waals surface area contributed by atoms with E-state index in [1.165, 1.54) is 4.90 Å². The van der Waals surface area contributed by atoms with Crippen LogP contribution in [0.2, 0.25) is 0 Å². The van der Waals surface area contributed by atoms with E-state index in [1.807, 2.05) is 86.6 Å². The van der Waals surface area contributed by atoms with Crippen molar-refractivity contribution in [3.05, 3.63) is 95.1 Å². The highest BCUT2D eigenvalue weighted by atomic mass is 16.2. The lowest BCUT2D eigenvalue weighted by Gasteiger charge is -2.21. The summed E-state index contributed by atoms with van der Waals surface area (Å²) in [6, 6.07) is 22.5. The number of carbonyl (C=O) groups is 2. The fourth-order valence-corrected chi connectivity index (χ4v) is 3.61. The number of aliphatic imine (C=N–C) groups is 1. The minimum atomic E-state index is -1.06. The van der Waals surface area contributed by atoms with Gasteiger partial charge in [-0.2, -0.15) is 0 Å². The van der Waals surface area contributed by atoms with E-state index in [0.29, 0.717) is 11.4 Å². The first-order valence-corrected chi connectivity index (χ1v) is 10.1. The Morgan fingerprint density at radius 1 is 0.935 bits per heavy atom. The lowest BCUT2D eigenvalue weighted by atomic mass is 10.0. The molecule has 1 aliphatic heterocycles. The molecule has 0 radical (unpaired) electrons. The number of carbonyl (C=O) groups excluding carboxylic acids is 2. The Morgan fingerprint density at radius 2 is 1.65 bits per heavy atom. The number of benzodiazepines with no additional fused rings is 1. The molecule has 0 spiro atoms. The predicted molar refractivity (Wildman–Crippen MR) is 124 cm³/mol. The Bertz CT molecular complexity index is 1170. The van der Waals surface area contributed by atoms with Crippen molar-refractivity contribution in [2.45, 2.75) is 20.0 Å². The Balaban J connectivity index is 1.69. The first kappa shape index (κ1) is 20.3. The van der Waals surface area contributed by atoms with Gasteiger partial charge >= 0.3 is 6.03 Å². The number of hydrogen-bond acceptors (Lipinski definition) is 3. The summed E-state index contributed by atoms with van der Waals surface area (Å²) in [5.74, 6) is -0.311. The highest BCUT2D eigenvalue weighted by molar-refractivity contribution is 6.20. The number of fused-ring (bicyclic) bond motifs is 1. The molecule has 3 amide bonds. The van der Waals surface area contributed by atoms with E-state index in [-0.39, 0.29) is 5.91 Å². The second-order valence-corrected chi connectivity index (χ2v) is 7.51. The zero-order valence-corrected chi connectivity index (χ0v) is 17.7. The van der Waals surface area contributed by atoms with Crippen molar-refractivity contribution >= 4 is 29.0 Å².